The third kappa shape index (κ3) is 2.01. The van der Waals surface area contributed by atoms with Crippen molar-refractivity contribution < 1.29 is 13.5 Å². The van der Waals surface area contributed by atoms with Gasteiger partial charge in [-0.2, -0.15) is 8.78 Å². The molecule has 0 atom stereocenters. The Bertz CT molecular complexity index is 234. The van der Waals surface area contributed by atoms with Gasteiger partial charge in [-0.3, -0.25) is 0 Å². The molecule has 0 heterocycles. The Kier molecular flexibility index (Phi) is 2.76. The first-order valence-corrected chi connectivity index (χ1v) is 3.50. The number of benzene rings is 1. The van der Waals surface area contributed by atoms with Crippen molar-refractivity contribution >= 4 is 0 Å². The molecular formula is C9H9F2O. The number of halogens is 2. The van der Waals surface area contributed by atoms with Crippen molar-refractivity contribution in [1.29, 1.82) is 0 Å². The van der Waals surface area contributed by atoms with Crippen LogP contribution in [-0.4, -0.2) is 13.7 Å². The summed E-state index contributed by atoms with van der Waals surface area (Å²) in [6, 6.07) is 8.31. The lowest BCUT2D eigenvalue weighted by atomic mass is 10.1. The number of ether oxygens (including phenoxy) is 1. The third-order valence-electron chi connectivity index (χ3n) is 1.46. The fourth-order valence-corrected chi connectivity index (χ4v) is 0.885. The van der Waals surface area contributed by atoms with Gasteiger partial charge in [-0.1, -0.05) is 18.2 Å². The lowest BCUT2D eigenvalue weighted by Crippen LogP contribution is -2.19. The summed E-state index contributed by atoms with van der Waals surface area (Å²) in [5.74, 6) is -2.91. The van der Waals surface area contributed by atoms with Crippen molar-refractivity contribution in [3.05, 3.63) is 35.9 Å². The van der Waals surface area contributed by atoms with Crippen LogP contribution in [0.15, 0.2) is 24.3 Å². The van der Waals surface area contributed by atoms with Crippen molar-refractivity contribution in [3.8, 4) is 0 Å². The molecule has 0 spiro atoms. The molecule has 0 aliphatic carbocycles. The molecule has 1 aromatic rings. The quantitative estimate of drug-likeness (QED) is 0.677. The van der Waals surface area contributed by atoms with Crippen LogP contribution in [0.1, 0.15) is 5.56 Å². The monoisotopic (exact) mass is 171 g/mol. The summed E-state index contributed by atoms with van der Waals surface area (Å²) < 4.78 is 30.4. The Morgan fingerprint density at radius 1 is 1.58 bits per heavy atom. The standard InChI is InChI=1S/C9H9F2O/c1-12-7-9(10,11)8-5-3-2-4-6-8/h2-3,5-6H,7H2,1H3. The van der Waals surface area contributed by atoms with Crippen LogP contribution >= 0.6 is 0 Å². The second-order valence-electron chi connectivity index (χ2n) is 2.43. The Hall–Kier alpha value is -0.960. The molecule has 3 heteroatoms. The van der Waals surface area contributed by atoms with Gasteiger partial charge in [0.2, 0.25) is 0 Å². The molecule has 1 aromatic carbocycles. The van der Waals surface area contributed by atoms with Crippen molar-refractivity contribution in [3.63, 3.8) is 0 Å². The van der Waals surface area contributed by atoms with Crippen LogP contribution in [0.25, 0.3) is 0 Å². The summed E-state index contributed by atoms with van der Waals surface area (Å²) in [4.78, 5) is 0. The van der Waals surface area contributed by atoms with Crippen molar-refractivity contribution in [1.82, 2.24) is 0 Å². The lowest BCUT2D eigenvalue weighted by Gasteiger charge is -2.14. The minimum Gasteiger partial charge on any atom is -0.378 e. The zero-order valence-electron chi connectivity index (χ0n) is 6.68. The second kappa shape index (κ2) is 3.63. The van der Waals surface area contributed by atoms with Crippen molar-refractivity contribution in [2.75, 3.05) is 13.7 Å². The smallest absolute Gasteiger partial charge is 0.296 e. The van der Waals surface area contributed by atoms with Gasteiger partial charge in [0.05, 0.1) is 0 Å². The first-order chi connectivity index (χ1) is 5.67. The number of methoxy groups -OCH3 is 1. The van der Waals surface area contributed by atoms with Crippen LogP contribution in [0, 0.1) is 6.07 Å². The van der Waals surface area contributed by atoms with E-state index in [1.807, 2.05) is 0 Å². The first kappa shape index (κ1) is 9.13. The van der Waals surface area contributed by atoms with E-state index in [1.165, 1.54) is 25.3 Å². The molecule has 1 rings (SSSR count). The zero-order valence-corrected chi connectivity index (χ0v) is 6.68. The molecule has 1 radical (unpaired) electrons. The fourth-order valence-electron chi connectivity index (χ4n) is 0.885. The topological polar surface area (TPSA) is 9.23 Å². The second-order valence-corrected chi connectivity index (χ2v) is 2.43. The highest BCUT2D eigenvalue weighted by Crippen LogP contribution is 2.27. The largest absolute Gasteiger partial charge is 0.378 e. The minimum atomic E-state index is -2.91. The highest BCUT2D eigenvalue weighted by Gasteiger charge is 2.30. The Morgan fingerprint density at radius 2 is 2.33 bits per heavy atom. The minimum absolute atomic E-state index is 0.0631. The van der Waals surface area contributed by atoms with E-state index < -0.39 is 12.5 Å². The summed E-state index contributed by atoms with van der Waals surface area (Å²) >= 11 is 0. The van der Waals surface area contributed by atoms with Crippen molar-refractivity contribution in [2.24, 2.45) is 0 Å². The van der Waals surface area contributed by atoms with Gasteiger partial charge in [0.25, 0.3) is 5.92 Å². The molecule has 65 valence electrons. The normalized spacial score (nSPS) is 11.6. The summed E-state index contributed by atoms with van der Waals surface area (Å²) in [5.41, 5.74) is -0.0631. The lowest BCUT2D eigenvalue weighted by molar-refractivity contribution is -0.0698. The molecule has 0 fully saturated rings. The summed E-state index contributed by atoms with van der Waals surface area (Å²) in [6.45, 7) is -0.592. The number of alkyl halides is 2. The predicted octanol–water partition coefficient (Wildman–Crippen LogP) is 2.22. The molecule has 0 bridgehead atoms. The van der Waals surface area contributed by atoms with Gasteiger partial charge in [-0.25, -0.2) is 0 Å². The van der Waals surface area contributed by atoms with E-state index in [1.54, 1.807) is 6.07 Å². The number of hydrogen-bond acceptors (Lipinski definition) is 1. The van der Waals surface area contributed by atoms with Crippen LogP contribution in [0.4, 0.5) is 8.78 Å². The predicted molar refractivity (Wildman–Crippen MR) is 41.0 cm³/mol. The molecular weight excluding hydrogens is 162 g/mol. The highest BCUT2D eigenvalue weighted by atomic mass is 19.3. The fraction of sp³-hybridized carbons (Fsp3) is 0.333. The molecule has 0 amide bonds. The zero-order chi connectivity index (χ0) is 9.03. The van der Waals surface area contributed by atoms with Gasteiger partial charge in [0.1, 0.15) is 6.61 Å². The Morgan fingerprint density at radius 3 is 2.83 bits per heavy atom. The van der Waals surface area contributed by atoms with Gasteiger partial charge >= 0.3 is 0 Å². The van der Waals surface area contributed by atoms with E-state index in [-0.39, 0.29) is 5.56 Å². The summed E-state index contributed by atoms with van der Waals surface area (Å²) in [6.07, 6.45) is 0. The van der Waals surface area contributed by atoms with Gasteiger partial charge < -0.3 is 4.74 Å². The maximum Gasteiger partial charge on any atom is 0.296 e. The molecule has 12 heavy (non-hydrogen) atoms. The van der Waals surface area contributed by atoms with E-state index in [2.05, 4.69) is 10.8 Å². The first-order valence-electron chi connectivity index (χ1n) is 3.50. The highest BCUT2D eigenvalue weighted by molar-refractivity contribution is 5.19. The maximum atomic E-state index is 13.0. The van der Waals surface area contributed by atoms with E-state index >= 15 is 0 Å². The van der Waals surface area contributed by atoms with Gasteiger partial charge in [0, 0.05) is 12.7 Å². The average molecular weight is 171 g/mol. The average Bonchev–Trinajstić information content (AvgIpc) is 2.06. The van der Waals surface area contributed by atoms with E-state index in [0.29, 0.717) is 0 Å². The number of hydrogen-bond donors (Lipinski definition) is 0. The van der Waals surface area contributed by atoms with Gasteiger partial charge in [0.15, 0.2) is 0 Å². The van der Waals surface area contributed by atoms with Gasteiger partial charge in [-0.05, 0) is 12.1 Å². The molecule has 0 aromatic heterocycles. The SMILES string of the molecule is COCC(F)(F)c1c[c]ccc1. The van der Waals surface area contributed by atoms with E-state index in [4.69, 9.17) is 0 Å². The van der Waals surface area contributed by atoms with Crippen LogP contribution in [0.2, 0.25) is 0 Å². The molecule has 0 aliphatic rings. The van der Waals surface area contributed by atoms with Crippen LogP contribution in [0.5, 0.6) is 0 Å². The Labute approximate surface area is 70.0 Å². The molecule has 0 unspecified atom stereocenters. The van der Waals surface area contributed by atoms with E-state index in [9.17, 15) is 8.78 Å². The third-order valence-corrected chi connectivity index (χ3v) is 1.46. The molecule has 0 saturated carbocycles. The number of rotatable bonds is 3. The van der Waals surface area contributed by atoms with E-state index in [0.717, 1.165) is 0 Å². The molecule has 0 aliphatic heterocycles. The molecule has 0 N–H and O–H groups in total. The summed E-state index contributed by atoms with van der Waals surface area (Å²) in [5, 5.41) is 0. The van der Waals surface area contributed by atoms with Crippen molar-refractivity contribution in [2.45, 2.75) is 5.92 Å². The maximum absolute atomic E-state index is 13.0. The Balaban J connectivity index is 2.82. The van der Waals surface area contributed by atoms with Crippen LogP contribution in [0.3, 0.4) is 0 Å². The van der Waals surface area contributed by atoms with Crippen LogP contribution < -0.4 is 0 Å². The summed E-state index contributed by atoms with van der Waals surface area (Å²) in [7, 11) is 1.25. The van der Waals surface area contributed by atoms with Gasteiger partial charge in [-0.15, -0.1) is 0 Å². The van der Waals surface area contributed by atoms with Crippen LogP contribution in [-0.2, 0) is 10.7 Å². The molecule has 1 nitrogen and oxygen atoms in total. The molecule has 0 saturated heterocycles.